The molecule has 112 valence electrons. The molecule has 1 atom stereocenters. The van der Waals surface area contributed by atoms with Gasteiger partial charge in [-0.15, -0.1) is 0 Å². The molecule has 0 radical (unpaired) electrons. The zero-order chi connectivity index (χ0) is 14.9. The molecule has 1 nitrogen and oxygen atoms in total. The maximum absolute atomic E-state index is 12.0. The summed E-state index contributed by atoms with van der Waals surface area (Å²) in [5, 5.41) is 0. The van der Waals surface area contributed by atoms with E-state index in [1.54, 1.807) is 0 Å². The Bertz CT molecular complexity index is 524. The topological polar surface area (TPSA) is 17.1 Å². The summed E-state index contributed by atoms with van der Waals surface area (Å²) < 4.78 is 0. The van der Waals surface area contributed by atoms with Gasteiger partial charge in [0, 0.05) is 5.56 Å². The van der Waals surface area contributed by atoms with Crippen LogP contribution in [-0.2, 0) is 0 Å². The average molecular weight is 306 g/mol. The van der Waals surface area contributed by atoms with Crippen LogP contribution < -0.4 is 0 Å². The summed E-state index contributed by atoms with van der Waals surface area (Å²) in [4.78, 5) is 12.0. The minimum atomic E-state index is 0. The number of carbonyl (C=O) groups excluding carboxylic acids is 1. The summed E-state index contributed by atoms with van der Waals surface area (Å²) in [6, 6.07) is 19.9. The Kier molecular flexibility index (Phi) is 9.41. The van der Waals surface area contributed by atoms with Crippen molar-refractivity contribution < 1.29 is 4.79 Å². The fourth-order valence-electron chi connectivity index (χ4n) is 2.55. The van der Waals surface area contributed by atoms with E-state index in [0.29, 0.717) is 19.8 Å². The monoisotopic (exact) mass is 306 g/mol. The third kappa shape index (κ3) is 6.49. The molecule has 1 aliphatic carbocycles. The summed E-state index contributed by atoms with van der Waals surface area (Å²) in [5.74, 6) is 0. The van der Waals surface area contributed by atoms with Crippen molar-refractivity contribution in [3.8, 4) is 0 Å². The molecule has 0 heterocycles. The molecule has 1 fully saturated rings. The molecule has 0 N–H and O–H groups in total. The number of hydrogen-bond donors (Lipinski definition) is 0. The van der Waals surface area contributed by atoms with Crippen LogP contribution in [0.15, 0.2) is 60.7 Å². The molecule has 3 heteroatoms. The van der Waals surface area contributed by atoms with Crippen LogP contribution in [0.4, 0.5) is 0 Å². The van der Waals surface area contributed by atoms with Gasteiger partial charge < -0.3 is 0 Å². The Balaban J connectivity index is 0.000000293. The van der Waals surface area contributed by atoms with E-state index >= 15 is 0 Å². The van der Waals surface area contributed by atoms with Crippen molar-refractivity contribution in [2.45, 2.75) is 38.3 Å². The first-order valence-corrected chi connectivity index (χ1v) is 8.71. The Morgan fingerprint density at radius 1 is 0.909 bits per heavy atom. The Hall–Kier alpha value is -0.863. The standard InChI is InChI=1S/C13H17OP.C6H6.Li.H/c1-10-6-2-5-9-12(10)13(14)15-11-7-3-4-8-11;1-2-4-6-5-3-1;;/h2,5-6,9,11,15H,3-4,7-8H2,1H3;1-6H;;. The molecule has 1 unspecified atom stereocenters. The van der Waals surface area contributed by atoms with Gasteiger partial charge in [0.25, 0.3) is 0 Å². The predicted octanol–water partition coefficient (Wildman–Crippen LogP) is 4.79. The summed E-state index contributed by atoms with van der Waals surface area (Å²) >= 11 is 0. The van der Waals surface area contributed by atoms with Crippen molar-refractivity contribution in [3.05, 3.63) is 71.8 Å². The minimum absolute atomic E-state index is 0. The Morgan fingerprint density at radius 3 is 1.91 bits per heavy atom. The molecule has 1 saturated carbocycles. The predicted molar refractivity (Wildman–Crippen MR) is 99.7 cm³/mol. The fraction of sp³-hybridized carbons (Fsp3) is 0.316. The van der Waals surface area contributed by atoms with Crippen LogP contribution in [0.2, 0.25) is 0 Å². The maximum atomic E-state index is 12.0. The SMILES string of the molecule is Cc1ccccc1C(=O)PC1CCCC1.[LiH].c1ccccc1. The Labute approximate surface area is 147 Å². The van der Waals surface area contributed by atoms with Gasteiger partial charge in [-0.1, -0.05) is 73.5 Å². The van der Waals surface area contributed by atoms with Crippen molar-refractivity contribution >= 4 is 33.0 Å². The van der Waals surface area contributed by atoms with Gasteiger partial charge in [0.2, 0.25) is 0 Å². The zero-order valence-electron chi connectivity index (χ0n) is 12.6. The van der Waals surface area contributed by atoms with Crippen LogP contribution in [0.1, 0.15) is 41.6 Å². The van der Waals surface area contributed by atoms with Gasteiger partial charge >= 0.3 is 18.9 Å². The van der Waals surface area contributed by atoms with E-state index in [9.17, 15) is 4.79 Å². The second-order valence-electron chi connectivity index (χ2n) is 5.42. The van der Waals surface area contributed by atoms with Crippen LogP contribution in [0, 0.1) is 6.92 Å². The van der Waals surface area contributed by atoms with E-state index in [1.807, 2.05) is 67.6 Å². The van der Waals surface area contributed by atoms with Crippen molar-refractivity contribution in [1.29, 1.82) is 0 Å². The van der Waals surface area contributed by atoms with E-state index in [0.717, 1.165) is 11.1 Å². The molecule has 0 aliphatic heterocycles. The minimum Gasteiger partial charge on any atom is -0.0623 e. The van der Waals surface area contributed by atoms with Gasteiger partial charge in [-0.25, -0.2) is 0 Å². The molecule has 0 aromatic heterocycles. The van der Waals surface area contributed by atoms with Crippen LogP contribution in [-0.4, -0.2) is 30.0 Å². The molecule has 22 heavy (non-hydrogen) atoms. The number of rotatable bonds is 3. The second-order valence-corrected chi connectivity index (χ2v) is 6.98. The van der Waals surface area contributed by atoms with Gasteiger partial charge in [-0.05, 0) is 39.6 Å². The number of aryl methyl sites for hydroxylation is 1. The smallest absolute Gasteiger partial charge is 0.0623 e. The van der Waals surface area contributed by atoms with Gasteiger partial charge in [0.05, 0.1) is 0 Å². The Morgan fingerprint density at radius 2 is 1.41 bits per heavy atom. The van der Waals surface area contributed by atoms with Crippen LogP contribution in [0.5, 0.6) is 0 Å². The molecule has 0 saturated heterocycles. The maximum Gasteiger partial charge on any atom is -0.0623 e. The van der Waals surface area contributed by atoms with Crippen LogP contribution in [0.25, 0.3) is 0 Å². The number of hydrogen-bond acceptors (Lipinski definition) is 1. The van der Waals surface area contributed by atoms with Gasteiger partial charge in [-0.3, -0.25) is 4.79 Å². The van der Waals surface area contributed by atoms with Crippen LogP contribution >= 0.6 is 8.58 Å². The molecular weight excluding hydrogens is 282 g/mol. The normalized spacial score (nSPS) is 14.2. The molecule has 0 spiro atoms. The van der Waals surface area contributed by atoms with Gasteiger partial charge in [-0.2, -0.15) is 0 Å². The zero-order valence-corrected chi connectivity index (χ0v) is 13.6. The van der Waals surface area contributed by atoms with Crippen molar-refractivity contribution in [2.24, 2.45) is 0 Å². The number of carbonyl (C=O) groups is 1. The van der Waals surface area contributed by atoms with Gasteiger partial charge in [0.1, 0.15) is 0 Å². The fourth-order valence-corrected chi connectivity index (χ4v) is 4.05. The molecular formula is C19H24LiOP. The van der Waals surface area contributed by atoms with E-state index in [-0.39, 0.29) is 18.9 Å². The average Bonchev–Trinajstić information content (AvgIpc) is 3.03. The van der Waals surface area contributed by atoms with Crippen molar-refractivity contribution in [2.75, 3.05) is 0 Å². The number of benzene rings is 2. The largest absolute Gasteiger partial charge is 0.0623 e. The second kappa shape index (κ2) is 10.8. The molecule has 1 aliphatic rings. The van der Waals surface area contributed by atoms with Crippen molar-refractivity contribution in [1.82, 2.24) is 0 Å². The third-order valence-electron chi connectivity index (χ3n) is 3.75. The summed E-state index contributed by atoms with van der Waals surface area (Å²) in [5.41, 5.74) is 3.09. The third-order valence-corrected chi connectivity index (χ3v) is 5.26. The quantitative estimate of drug-likeness (QED) is 0.588. The van der Waals surface area contributed by atoms with E-state index in [1.165, 1.54) is 25.7 Å². The summed E-state index contributed by atoms with van der Waals surface area (Å²) in [6.07, 6.45) is 5.16. The van der Waals surface area contributed by atoms with Crippen LogP contribution in [0.3, 0.4) is 0 Å². The summed E-state index contributed by atoms with van der Waals surface area (Å²) in [7, 11) is 0.495. The van der Waals surface area contributed by atoms with Crippen molar-refractivity contribution in [3.63, 3.8) is 0 Å². The van der Waals surface area contributed by atoms with E-state index in [4.69, 9.17) is 0 Å². The molecule has 2 aromatic carbocycles. The van der Waals surface area contributed by atoms with E-state index in [2.05, 4.69) is 0 Å². The van der Waals surface area contributed by atoms with E-state index < -0.39 is 0 Å². The first-order valence-electron chi connectivity index (χ1n) is 7.64. The molecule has 3 rings (SSSR count). The first kappa shape index (κ1) is 19.2. The summed E-state index contributed by atoms with van der Waals surface area (Å²) in [6.45, 7) is 2.02. The molecule has 0 bridgehead atoms. The first-order chi connectivity index (χ1) is 10.3. The van der Waals surface area contributed by atoms with Gasteiger partial charge in [0.15, 0.2) is 5.52 Å². The molecule has 0 amide bonds. The molecule has 2 aromatic rings.